The van der Waals surface area contributed by atoms with Crippen LogP contribution < -0.4 is 5.32 Å². The Morgan fingerprint density at radius 3 is 2.84 bits per heavy atom. The predicted octanol–water partition coefficient (Wildman–Crippen LogP) is 3.88. The first-order chi connectivity index (χ1) is 9.16. The molecule has 0 amide bonds. The van der Waals surface area contributed by atoms with E-state index < -0.39 is 0 Å². The van der Waals surface area contributed by atoms with Gasteiger partial charge in [-0.15, -0.1) is 0 Å². The van der Waals surface area contributed by atoms with Gasteiger partial charge in [-0.3, -0.25) is 4.98 Å². The summed E-state index contributed by atoms with van der Waals surface area (Å²) in [7, 11) is 0. The van der Waals surface area contributed by atoms with Gasteiger partial charge in [0.1, 0.15) is 5.82 Å². The van der Waals surface area contributed by atoms with Crippen LogP contribution in [0.5, 0.6) is 0 Å². The van der Waals surface area contributed by atoms with E-state index in [0.717, 1.165) is 23.1 Å². The molecular formula is C15H16BrFN2. The Labute approximate surface area is 121 Å². The van der Waals surface area contributed by atoms with Crippen molar-refractivity contribution >= 4 is 15.9 Å². The number of benzene rings is 1. The van der Waals surface area contributed by atoms with Crippen molar-refractivity contribution in [1.82, 2.24) is 10.3 Å². The van der Waals surface area contributed by atoms with Crippen LogP contribution in [0.4, 0.5) is 4.39 Å². The third kappa shape index (κ3) is 4.11. The van der Waals surface area contributed by atoms with Gasteiger partial charge in [0.15, 0.2) is 0 Å². The fourth-order valence-corrected chi connectivity index (χ4v) is 2.26. The molecular weight excluding hydrogens is 307 g/mol. The van der Waals surface area contributed by atoms with Crippen molar-refractivity contribution in [2.45, 2.75) is 19.4 Å². The summed E-state index contributed by atoms with van der Waals surface area (Å²) in [5.41, 5.74) is 1.72. The molecule has 0 saturated carbocycles. The minimum atomic E-state index is -0.188. The second kappa shape index (κ2) is 6.78. The van der Waals surface area contributed by atoms with Gasteiger partial charge in [-0.2, -0.15) is 0 Å². The van der Waals surface area contributed by atoms with Crippen LogP contribution in [0.1, 0.15) is 24.2 Å². The Morgan fingerprint density at radius 2 is 2.16 bits per heavy atom. The lowest BCUT2D eigenvalue weighted by Crippen LogP contribution is -2.22. The summed E-state index contributed by atoms with van der Waals surface area (Å²) >= 11 is 3.26. The van der Waals surface area contributed by atoms with Crippen LogP contribution >= 0.6 is 15.9 Å². The largest absolute Gasteiger partial charge is 0.310 e. The van der Waals surface area contributed by atoms with Crippen LogP contribution in [-0.2, 0) is 6.42 Å². The van der Waals surface area contributed by atoms with Crippen molar-refractivity contribution in [3.8, 4) is 0 Å². The topological polar surface area (TPSA) is 24.9 Å². The normalized spacial score (nSPS) is 12.4. The lowest BCUT2D eigenvalue weighted by atomic mass is 10.1. The first kappa shape index (κ1) is 14.2. The number of hydrogen-bond acceptors (Lipinski definition) is 2. The van der Waals surface area contributed by atoms with Crippen LogP contribution in [0.25, 0.3) is 0 Å². The maximum absolute atomic E-state index is 13.8. The van der Waals surface area contributed by atoms with E-state index in [9.17, 15) is 4.39 Å². The minimum absolute atomic E-state index is 0.0168. The molecule has 1 N–H and O–H groups in total. The van der Waals surface area contributed by atoms with Crippen LogP contribution in [-0.4, -0.2) is 11.5 Å². The fraction of sp³-hybridized carbons (Fsp3) is 0.267. The number of aromatic nitrogens is 1. The van der Waals surface area contributed by atoms with Gasteiger partial charge < -0.3 is 5.32 Å². The van der Waals surface area contributed by atoms with Gasteiger partial charge in [0, 0.05) is 40.9 Å². The van der Waals surface area contributed by atoms with E-state index in [0.29, 0.717) is 5.56 Å². The molecule has 0 aliphatic carbocycles. The van der Waals surface area contributed by atoms with E-state index in [4.69, 9.17) is 0 Å². The number of halogens is 2. The summed E-state index contributed by atoms with van der Waals surface area (Å²) in [5.74, 6) is -0.188. The van der Waals surface area contributed by atoms with E-state index in [1.807, 2.05) is 31.2 Å². The zero-order chi connectivity index (χ0) is 13.7. The molecule has 0 saturated heterocycles. The van der Waals surface area contributed by atoms with Crippen molar-refractivity contribution in [1.29, 1.82) is 0 Å². The molecule has 1 aromatic heterocycles. The third-order valence-corrected chi connectivity index (χ3v) is 3.48. The van der Waals surface area contributed by atoms with Crippen molar-refractivity contribution in [2.24, 2.45) is 0 Å². The van der Waals surface area contributed by atoms with E-state index in [1.165, 1.54) is 6.07 Å². The molecule has 2 nitrogen and oxygen atoms in total. The van der Waals surface area contributed by atoms with E-state index >= 15 is 0 Å². The summed E-state index contributed by atoms with van der Waals surface area (Å²) in [6.45, 7) is 2.73. The lowest BCUT2D eigenvalue weighted by Gasteiger charge is -2.15. The zero-order valence-corrected chi connectivity index (χ0v) is 12.3. The van der Waals surface area contributed by atoms with E-state index in [1.54, 1.807) is 12.3 Å². The highest BCUT2D eigenvalue weighted by molar-refractivity contribution is 9.10. The van der Waals surface area contributed by atoms with Gasteiger partial charge >= 0.3 is 0 Å². The fourth-order valence-electron chi connectivity index (χ4n) is 1.93. The van der Waals surface area contributed by atoms with Gasteiger partial charge in [0.25, 0.3) is 0 Å². The molecule has 19 heavy (non-hydrogen) atoms. The Balaban J connectivity index is 1.89. The highest BCUT2D eigenvalue weighted by Crippen LogP contribution is 2.20. The highest BCUT2D eigenvalue weighted by Gasteiger charge is 2.10. The number of pyridine rings is 1. The molecule has 0 bridgehead atoms. The molecule has 1 aromatic carbocycles. The summed E-state index contributed by atoms with van der Waals surface area (Å²) in [6, 6.07) is 11.0. The standard InChI is InChI=1S/C15H16BrFN2/c1-11(14-6-5-12(16)10-15(14)17)18-9-7-13-4-2-3-8-19-13/h2-6,8,10-11,18H,7,9H2,1H3. The first-order valence-corrected chi connectivity index (χ1v) is 7.04. The first-order valence-electron chi connectivity index (χ1n) is 6.25. The summed E-state index contributed by atoms with van der Waals surface area (Å²) < 4.78 is 14.5. The molecule has 0 fully saturated rings. The number of rotatable bonds is 5. The second-order valence-corrected chi connectivity index (χ2v) is 5.33. The van der Waals surface area contributed by atoms with Gasteiger partial charge in [-0.1, -0.05) is 28.1 Å². The summed E-state index contributed by atoms with van der Waals surface area (Å²) in [6.07, 6.45) is 2.62. The number of nitrogens with zero attached hydrogens (tertiary/aromatic N) is 1. The molecule has 0 aliphatic heterocycles. The van der Waals surface area contributed by atoms with Gasteiger partial charge in [0.2, 0.25) is 0 Å². The molecule has 0 spiro atoms. The zero-order valence-electron chi connectivity index (χ0n) is 10.7. The Kier molecular flexibility index (Phi) is 5.05. The Hall–Kier alpha value is -1.26. The van der Waals surface area contributed by atoms with Crippen molar-refractivity contribution in [3.05, 3.63) is 64.1 Å². The predicted molar refractivity (Wildman–Crippen MR) is 78.5 cm³/mol. The molecule has 1 unspecified atom stereocenters. The lowest BCUT2D eigenvalue weighted by molar-refractivity contribution is 0.529. The maximum Gasteiger partial charge on any atom is 0.129 e. The van der Waals surface area contributed by atoms with Gasteiger partial charge in [0.05, 0.1) is 0 Å². The average Bonchev–Trinajstić information content (AvgIpc) is 2.39. The quantitative estimate of drug-likeness (QED) is 0.903. The molecule has 2 aromatic rings. The SMILES string of the molecule is CC(NCCc1ccccn1)c1ccc(Br)cc1F. The van der Waals surface area contributed by atoms with Gasteiger partial charge in [-0.05, 0) is 31.2 Å². The smallest absolute Gasteiger partial charge is 0.129 e. The second-order valence-electron chi connectivity index (χ2n) is 4.41. The van der Waals surface area contributed by atoms with Crippen LogP contribution in [0, 0.1) is 5.82 Å². The minimum Gasteiger partial charge on any atom is -0.310 e. The van der Waals surface area contributed by atoms with Crippen molar-refractivity contribution < 1.29 is 4.39 Å². The summed E-state index contributed by atoms with van der Waals surface area (Å²) in [4.78, 5) is 4.26. The summed E-state index contributed by atoms with van der Waals surface area (Å²) in [5, 5.41) is 3.31. The molecule has 0 radical (unpaired) electrons. The van der Waals surface area contributed by atoms with E-state index in [-0.39, 0.29) is 11.9 Å². The molecule has 4 heteroatoms. The molecule has 2 rings (SSSR count). The average molecular weight is 323 g/mol. The third-order valence-electron chi connectivity index (χ3n) is 2.99. The molecule has 0 aliphatic rings. The Bertz CT molecular complexity index is 531. The maximum atomic E-state index is 13.8. The number of nitrogens with one attached hydrogen (secondary N) is 1. The van der Waals surface area contributed by atoms with Crippen LogP contribution in [0.3, 0.4) is 0 Å². The van der Waals surface area contributed by atoms with Crippen molar-refractivity contribution in [3.63, 3.8) is 0 Å². The van der Waals surface area contributed by atoms with Crippen LogP contribution in [0.15, 0.2) is 47.1 Å². The monoisotopic (exact) mass is 322 g/mol. The number of hydrogen-bond donors (Lipinski definition) is 1. The molecule has 1 heterocycles. The molecule has 1 atom stereocenters. The van der Waals surface area contributed by atoms with Gasteiger partial charge in [-0.25, -0.2) is 4.39 Å². The van der Waals surface area contributed by atoms with Crippen molar-refractivity contribution in [2.75, 3.05) is 6.54 Å². The Morgan fingerprint density at radius 1 is 1.32 bits per heavy atom. The van der Waals surface area contributed by atoms with Crippen LogP contribution in [0.2, 0.25) is 0 Å². The molecule has 100 valence electrons. The highest BCUT2D eigenvalue weighted by atomic mass is 79.9. The van der Waals surface area contributed by atoms with E-state index in [2.05, 4.69) is 26.2 Å².